The van der Waals surface area contributed by atoms with Crippen molar-refractivity contribution in [2.75, 3.05) is 26.1 Å². The van der Waals surface area contributed by atoms with E-state index in [1.807, 2.05) is 18.2 Å². The molecule has 0 saturated carbocycles. The molecule has 2 aliphatic heterocycles. The third-order valence-electron chi connectivity index (χ3n) is 4.88. The van der Waals surface area contributed by atoms with Crippen molar-refractivity contribution >= 4 is 15.9 Å². The van der Waals surface area contributed by atoms with Crippen molar-refractivity contribution in [2.45, 2.75) is 38.6 Å². The summed E-state index contributed by atoms with van der Waals surface area (Å²) in [5, 5.41) is 0. The molecule has 0 aliphatic carbocycles. The molecule has 144 valence electrons. The normalized spacial score (nSPS) is 22.0. The van der Waals surface area contributed by atoms with Gasteiger partial charge in [0.05, 0.1) is 6.26 Å². The molecule has 1 fully saturated rings. The molecule has 2 heterocycles. The van der Waals surface area contributed by atoms with Gasteiger partial charge in [-0.1, -0.05) is 19.4 Å². The summed E-state index contributed by atoms with van der Waals surface area (Å²) in [6.07, 6.45) is 4.05. The summed E-state index contributed by atoms with van der Waals surface area (Å²) in [7, 11) is -3.28. The van der Waals surface area contributed by atoms with Crippen molar-refractivity contribution in [3.05, 3.63) is 23.8 Å². The Bertz CT molecular complexity index is 765. The van der Waals surface area contributed by atoms with E-state index in [4.69, 9.17) is 9.47 Å². The van der Waals surface area contributed by atoms with Crippen LogP contribution in [0.4, 0.5) is 0 Å². The standard InChI is InChI=1S/C18H26N2O5S/c1-3-4-14-10-20(11-15(14)19-26(2,22)23)18(21)8-6-13-5-7-16-17(9-13)25-12-24-16/h5,7,9,14-15,19H,3-4,6,8,10-12H2,1-2H3/t14-,15-/m1/s1. The Labute approximate surface area is 154 Å². The summed E-state index contributed by atoms with van der Waals surface area (Å²) in [5.41, 5.74) is 1.03. The summed E-state index contributed by atoms with van der Waals surface area (Å²) >= 11 is 0. The molecule has 0 radical (unpaired) electrons. The largest absolute Gasteiger partial charge is 0.454 e. The van der Waals surface area contributed by atoms with Crippen LogP contribution in [0.2, 0.25) is 0 Å². The zero-order chi connectivity index (χ0) is 18.7. The Balaban J connectivity index is 1.57. The number of hydrogen-bond acceptors (Lipinski definition) is 5. The predicted octanol–water partition coefficient (Wildman–Crippen LogP) is 1.52. The number of aryl methyl sites for hydroxylation is 1. The molecule has 2 aliphatic rings. The number of fused-ring (bicyclic) bond motifs is 1. The third kappa shape index (κ3) is 4.67. The first kappa shape index (κ1) is 19.0. The maximum atomic E-state index is 12.6. The van der Waals surface area contributed by atoms with Gasteiger partial charge in [-0.3, -0.25) is 4.79 Å². The van der Waals surface area contributed by atoms with Gasteiger partial charge in [0.1, 0.15) is 0 Å². The summed E-state index contributed by atoms with van der Waals surface area (Å²) in [5.74, 6) is 1.68. The molecule has 1 saturated heterocycles. The summed E-state index contributed by atoms with van der Waals surface area (Å²) in [6.45, 7) is 3.36. The Morgan fingerprint density at radius 2 is 2.04 bits per heavy atom. The van der Waals surface area contributed by atoms with E-state index in [1.54, 1.807) is 4.90 Å². The van der Waals surface area contributed by atoms with Crippen LogP contribution >= 0.6 is 0 Å². The van der Waals surface area contributed by atoms with Gasteiger partial charge in [-0.25, -0.2) is 13.1 Å². The quantitative estimate of drug-likeness (QED) is 0.773. The summed E-state index contributed by atoms with van der Waals surface area (Å²) < 4.78 is 36.5. The predicted molar refractivity (Wildman–Crippen MR) is 97.6 cm³/mol. The van der Waals surface area contributed by atoms with Crippen LogP contribution in [0.5, 0.6) is 11.5 Å². The van der Waals surface area contributed by atoms with Crippen LogP contribution < -0.4 is 14.2 Å². The smallest absolute Gasteiger partial charge is 0.231 e. The van der Waals surface area contributed by atoms with Crippen LogP contribution in [0.25, 0.3) is 0 Å². The van der Waals surface area contributed by atoms with E-state index in [9.17, 15) is 13.2 Å². The number of hydrogen-bond donors (Lipinski definition) is 1. The van der Waals surface area contributed by atoms with Crippen LogP contribution in [-0.4, -0.2) is 51.4 Å². The minimum absolute atomic E-state index is 0.0570. The molecule has 0 aromatic heterocycles. The average Bonchev–Trinajstić information content (AvgIpc) is 3.18. The molecule has 7 nitrogen and oxygen atoms in total. The zero-order valence-corrected chi connectivity index (χ0v) is 16.0. The van der Waals surface area contributed by atoms with Gasteiger partial charge < -0.3 is 14.4 Å². The molecule has 26 heavy (non-hydrogen) atoms. The summed E-state index contributed by atoms with van der Waals surface area (Å²) in [4.78, 5) is 14.4. The lowest BCUT2D eigenvalue weighted by Crippen LogP contribution is -2.40. The number of benzene rings is 1. The number of rotatable bonds is 7. The van der Waals surface area contributed by atoms with Crippen LogP contribution in [0.15, 0.2) is 18.2 Å². The highest BCUT2D eigenvalue weighted by atomic mass is 32.2. The number of nitrogens with zero attached hydrogens (tertiary/aromatic N) is 1. The molecule has 0 spiro atoms. The highest BCUT2D eigenvalue weighted by Crippen LogP contribution is 2.33. The Hall–Kier alpha value is -1.80. The number of nitrogens with one attached hydrogen (secondary N) is 1. The minimum atomic E-state index is -3.28. The van der Waals surface area contributed by atoms with Crippen LogP contribution in [0.1, 0.15) is 31.7 Å². The van der Waals surface area contributed by atoms with Gasteiger partial charge in [-0.15, -0.1) is 0 Å². The second-order valence-corrected chi connectivity index (χ2v) is 8.81. The van der Waals surface area contributed by atoms with Gasteiger partial charge in [-0.2, -0.15) is 0 Å². The van der Waals surface area contributed by atoms with E-state index in [2.05, 4.69) is 11.6 Å². The number of carbonyl (C=O) groups excluding carboxylic acids is 1. The molecular formula is C18H26N2O5S. The number of sulfonamides is 1. The van der Waals surface area contributed by atoms with Crippen molar-refractivity contribution in [1.29, 1.82) is 0 Å². The fourth-order valence-corrected chi connectivity index (χ4v) is 4.47. The number of carbonyl (C=O) groups is 1. The number of amides is 1. The van der Waals surface area contributed by atoms with Crippen molar-refractivity contribution in [2.24, 2.45) is 5.92 Å². The lowest BCUT2D eigenvalue weighted by Gasteiger charge is -2.17. The second kappa shape index (κ2) is 7.84. The van der Waals surface area contributed by atoms with Crippen LogP contribution in [0.3, 0.4) is 0 Å². The SMILES string of the molecule is CCC[C@@H]1CN(C(=O)CCc2ccc3c(c2)OCO3)C[C@H]1NS(C)(=O)=O. The molecule has 3 rings (SSSR count). The first-order valence-electron chi connectivity index (χ1n) is 8.99. The second-order valence-electron chi connectivity index (χ2n) is 7.03. The van der Waals surface area contributed by atoms with Gasteiger partial charge in [0.2, 0.25) is 22.7 Å². The Morgan fingerprint density at radius 3 is 2.77 bits per heavy atom. The Kier molecular flexibility index (Phi) is 5.72. The van der Waals surface area contributed by atoms with Gasteiger partial charge >= 0.3 is 0 Å². The molecule has 1 aromatic rings. The van der Waals surface area contributed by atoms with Crippen molar-refractivity contribution in [1.82, 2.24) is 9.62 Å². The highest BCUT2D eigenvalue weighted by molar-refractivity contribution is 7.88. The van der Waals surface area contributed by atoms with Crippen LogP contribution in [0, 0.1) is 5.92 Å². The molecule has 1 amide bonds. The lowest BCUT2D eigenvalue weighted by molar-refractivity contribution is -0.130. The fourth-order valence-electron chi connectivity index (χ4n) is 3.65. The molecule has 8 heteroatoms. The van der Waals surface area contributed by atoms with E-state index in [0.29, 0.717) is 25.9 Å². The molecule has 2 atom stereocenters. The lowest BCUT2D eigenvalue weighted by atomic mass is 9.99. The van der Waals surface area contributed by atoms with Crippen LogP contribution in [-0.2, 0) is 21.2 Å². The first-order valence-corrected chi connectivity index (χ1v) is 10.9. The van der Waals surface area contributed by atoms with Crippen molar-refractivity contribution < 1.29 is 22.7 Å². The molecule has 0 unspecified atom stereocenters. The molecular weight excluding hydrogens is 356 g/mol. The average molecular weight is 382 g/mol. The topological polar surface area (TPSA) is 84.9 Å². The third-order valence-corrected chi connectivity index (χ3v) is 5.61. The van der Waals surface area contributed by atoms with E-state index < -0.39 is 10.0 Å². The van der Waals surface area contributed by atoms with Gasteiger partial charge in [0, 0.05) is 25.6 Å². The van der Waals surface area contributed by atoms with Crippen molar-refractivity contribution in [3.63, 3.8) is 0 Å². The fraction of sp³-hybridized carbons (Fsp3) is 0.611. The molecule has 1 N–H and O–H groups in total. The highest BCUT2D eigenvalue weighted by Gasteiger charge is 2.35. The molecule has 0 bridgehead atoms. The van der Waals surface area contributed by atoms with E-state index in [0.717, 1.165) is 29.9 Å². The maximum absolute atomic E-state index is 12.6. The maximum Gasteiger partial charge on any atom is 0.231 e. The van der Waals surface area contributed by atoms with Gasteiger partial charge in [0.25, 0.3) is 0 Å². The van der Waals surface area contributed by atoms with Gasteiger partial charge in [0.15, 0.2) is 11.5 Å². The minimum Gasteiger partial charge on any atom is -0.454 e. The van der Waals surface area contributed by atoms with E-state index >= 15 is 0 Å². The van der Waals surface area contributed by atoms with E-state index in [-0.39, 0.29) is 24.7 Å². The summed E-state index contributed by atoms with van der Waals surface area (Å²) in [6, 6.07) is 5.52. The number of ether oxygens (including phenoxy) is 2. The number of likely N-dealkylation sites (tertiary alicyclic amines) is 1. The monoisotopic (exact) mass is 382 g/mol. The Morgan fingerprint density at radius 1 is 1.27 bits per heavy atom. The van der Waals surface area contributed by atoms with E-state index in [1.165, 1.54) is 6.26 Å². The zero-order valence-electron chi connectivity index (χ0n) is 15.2. The first-order chi connectivity index (χ1) is 12.4. The van der Waals surface area contributed by atoms with Crippen molar-refractivity contribution in [3.8, 4) is 11.5 Å². The van der Waals surface area contributed by atoms with Gasteiger partial charge in [-0.05, 0) is 36.5 Å². The molecule has 1 aromatic carbocycles.